The van der Waals surface area contributed by atoms with Crippen LogP contribution in [0.1, 0.15) is 5.56 Å². The minimum atomic E-state index is -0.397. The molecule has 4 aromatic carbocycles. The summed E-state index contributed by atoms with van der Waals surface area (Å²) in [4.78, 5) is 30.6. The van der Waals surface area contributed by atoms with Gasteiger partial charge in [0.25, 0.3) is 11.8 Å². The second-order valence-electron chi connectivity index (χ2n) is 8.49. The van der Waals surface area contributed by atoms with Crippen LogP contribution in [0.25, 0.3) is 16.3 Å². The van der Waals surface area contributed by atoms with E-state index in [1.807, 2.05) is 73.6 Å². The number of benzene rings is 4. The molecule has 0 spiro atoms. The highest BCUT2D eigenvalue weighted by Crippen LogP contribution is 2.36. The molecule has 0 radical (unpaired) electrons. The molecule has 0 saturated carbocycles. The van der Waals surface area contributed by atoms with Crippen molar-refractivity contribution in [2.24, 2.45) is 0 Å². The molecule has 1 heterocycles. The number of nitrogens with one attached hydrogen (secondary N) is 1. The van der Waals surface area contributed by atoms with Crippen molar-refractivity contribution in [3.8, 4) is 5.75 Å². The molecule has 174 valence electrons. The summed E-state index contributed by atoms with van der Waals surface area (Å²) >= 11 is 0. The van der Waals surface area contributed by atoms with Crippen molar-refractivity contribution in [3.63, 3.8) is 0 Å². The molecule has 1 aliphatic rings. The monoisotopic (exact) mass is 463 g/mol. The van der Waals surface area contributed by atoms with Crippen LogP contribution in [0.3, 0.4) is 0 Å². The van der Waals surface area contributed by atoms with Crippen LogP contribution in [0.2, 0.25) is 0 Å². The Labute approximate surface area is 204 Å². The number of ether oxygens (including phenoxy) is 1. The number of carbonyl (C=O) groups excluding carboxylic acids is 2. The van der Waals surface area contributed by atoms with E-state index >= 15 is 0 Å². The molecule has 6 nitrogen and oxygen atoms in total. The van der Waals surface area contributed by atoms with Gasteiger partial charge in [0.1, 0.15) is 11.4 Å². The zero-order valence-corrected chi connectivity index (χ0v) is 19.8. The number of fused-ring (bicyclic) bond motifs is 1. The zero-order chi connectivity index (χ0) is 24.5. The van der Waals surface area contributed by atoms with Crippen LogP contribution in [-0.2, 0) is 9.59 Å². The van der Waals surface area contributed by atoms with E-state index in [-0.39, 0.29) is 11.6 Å². The Bertz CT molecular complexity index is 1450. The molecule has 0 saturated heterocycles. The predicted octanol–water partition coefficient (Wildman–Crippen LogP) is 5.31. The molecule has 2 amide bonds. The van der Waals surface area contributed by atoms with Gasteiger partial charge in [-0.3, -0.25) is 9.59 Å². The fourth-order valence-corrected chi connectivity index (χ4v) is 4.27. The number of amides is 2. The molecule has 0 unspecified atom stereocenters. The van der Waals surface area contributed by atoms with E-state index < -0.39 is 5.91 Å². The van der Waals surface area contributed by atoms with Crippen molar-refractivity contribution in [1.82, 2.24) is 0 Å². The van der Waals surface area contributed by atoms with Crippen molar-refractivity contribution in [2.45, 2.75) is 0 Å². The van der Waals surface area contributed by atoms with Crippen LogP contribution in [0, 0.1) is 0 Å². The second kappa shape index (κ2) is 8.99. The summed E-state index contributed by atoms with van der Waals surface area (Å²) in [6.45, 7) is 0. The lowest BCUT2D eigenvalue weighted by molar-refractivity contribution is -0.120. The van der Waals surface area contributed by atoms with Crippen molar-refractivity contribution in [1.29, 1.82) is 0 Å². The second-order valence-corrected chi connectivity index (χ2v) is 8.49. The van der Waals surface area contributed by atoms with Crippen LogP contribution >= 0.6 is 0 Å². The van der Waals surface area contributed by atoms with Gasteiger partial charge in [-0.25, -0.2) is 4.90 Å². The molecule has 1 N–H and O–H groups in total. The Hall–Kier alpha value is -4.58. The van der Waals surface area contributed by atoms with E-state index in [1.165, 1.54) is 4.90 Å². The van der Waals surface area contributed by atoms with Gasteiger partial charge in [-0.2, -0.15) is 0 Å². The molecule has 1 aliphatic heterocycles. The van der Waals surface area contributed by atoms with E-state index in [2.05, 4.69) is 5.32 Å². The quantitative estimate of drug-likeness (QED) is 0.393. The molecule has 0 aliphatic carbocycles. The van der Waals surface area contributed by atoms with Crippen molar-refractivity contribution in [2.75, 3.05) is 36.3 Å². The minimum Gasteiger partial charge on any atom is -0.497 e. The van der Waals surface area contributed by atoms with Gasteiger partial charge in [0.2, 0.25) is 0 Å². The number of hydrogen-bond donors (Lipinski definition) is 1. The van der Waals surface area contributed by atoms with Gasteiger partial charge in [-0.1, -0.05) is 48.5 Å². The lowest BCUT2D eigenvalue weighted by Crippen LogP contribution is -2.32. The molecule has 0 atom stereocenters. The Morgan fingerprint density at radius 1 is 0.771 bits per heavy atom. The minimum absolute atomic E-state index is 0.244. The van der Waals surface area contributed by atoms with E-state index in [4.69, 9.17) is 4.74 Å². The Morgan fingerprint density at radius 3 is 2.14 bits per heavy atom. The van der Waals surface area contributed by atoms with Crippen LogP contribution in [0.4, 0.5) is 17.1 Å². The van der Waals surface area contributed by atoms with Crippen LogP contribution < -0.4 is 19.9 Å². The maximum absolute atomic E-state index is 13.7. The van der Waals surface area contributed by atoms with Gasteiger partial charge in [0.05, 0.1) is 18.4 Å². The van der Waals surface area contributed by atoms with Gasteiger partial charge >= 0.3 is 0 Å². The summed E-state index contributed by atoms with van der Waals surface area (Å²) in [6.07, 6.45) is 0. The highest BCUT2D eigenvalue weighted by atomic mass is 16.5. The average molecular weight is 464 g/mol. The smallest absolute Gasteiger partial charge is 0.282 e. The number of rotatable bonds is 6. The standard InChI is InChI=1S/C29H25N3O3/c1-31(2)21-13-15-22(16-14-21)32-28(33)26(20-11-17-23(35-3)18-12-20)27(29(32)34)30-25-10-6-8-19-7-4-5-9-24(19)25/h4-18,30H,1-3H3. The summed E-state index contributed by atoms with van der Waals surface area (Å²) in [6, 6.07) is 28.3. The first-order valence-corrected chi connectivity index (χ1v) is 11.3. The third-order valence-corrected chi connectivity index (χ3v) is 6.14. The molecule has 6 heteroatoms. The normalized spacial score (nSPS) is 13.5. The molecule has 35 heavy (non-hydrogen) atoms. The molecule has 0 bridgehead atoms. The summed E-state index contributed by atoms with van der Waals surface area (Å²) < 4.78 is 5.27. The lowest BCUT2D eigenvalue weighted by Gasteiger charge is -2.18. The van der Waals surface area contributed by atoms with E-state index in [9.17, 15) is 9.59 Å². The Balaban J connectivity index is 1.62. The van der Waals surface area contributed by atoms with Crippen molar-refractivity contribution < 1.29 is 14.3 Å². The van der Waals surface area contributed by atoms with E-state index in [0.717, 1.165) is 22.1 Å². The van der Waals surface area contributed by atoms with Gasteiger partial charge in [0.15, 0.2) is 0 Å². The SMILES string of the molecule is COc1ccc(C2=C(Nc3cccc4ccccc34)C(=O)N(c3ccc(N(C)C)cc3)C2=O)cc1. The van der Waals surface area contributed by atoms with Crippen LogP contribution in [0.15, 0.2) is 96.7 Å². The zero-order valence-electron chi connectivity index (χ0n) is 19.8. The molecule has 0 aromatic heterocycles. The molecule has 4 aromatic rings. The fraction of sp³-hybridized carbons (Fsp3) is 0.103. The summed E-state index contributed by atoms with van der Waals surface area (Å²) in [5, 5.41) is 5.30. The summed E-state index contributed by atoms with van der Waals surface area (Å²) in [7, 11) is 5.47. The van der Waals surface area contributed by atoms with E-state index in [0.29, 0.717) is 22.6 Å². The first-order chi connectivity index (χ1) is 17.0. The van der Waals surface area contributed by atoms with Gasteiger partial charge in [0, 0.05) is 30.9 Å². The van der Waals surface area contributed by atoms with Crippen molar-refractivity contribution >= 4 is 45.2 Å². The fourth-order valence-electron chi connectivity index (χ4n) is 4.27. The predicted molar refractivity (Wildman–Crippen MR) is 141 cm³/mol. The Kier molecular flexibility index (Phi) is 5.71. The maximum atomic E-state index is 13.7. The molecule has 0 fully saturated rings. The highest BCUT2D eigenvalue weighted by Gasteiger charge is 2.40. The molecule has 5 rings (SSSR count). The third kappa shape index (κ3) is 3.99. The number of carbonyl (C=O) groups is 2. The summed E-state index contributed by atoms with van der Waals surface area (Å²) in [5.74, 6) is -0.0994. The number of anilines is 3. The number of imide groups is 1. The molecular formula is C29H25N3O3. The topological polar surface area (TPSA) is 61.9 Å². The van der Waals surface area contributed by atoms with E-state index in [1.54, 1.807) is 43.5 Å². The largest absolute Gasteiger partial charge is 0.497 e. The van der Waals surface area contributed by atoms with Crippen LogP contribution in [0.5, 0.6) is 5.75 Å². The maximum Gasteiger partial charge on any atom is 0.282 e. The number of methoxy groups -OCH3 is 1. The third-order valence-electron chi connectivity index (χ3n) is 6.14. The first-order valence-electron chi connectivity index (χ1n) is 11.3. The highest BCUT2D eigenvalue weighted by molar-refractivity contribution is 6.46. The number of hydrogen-bond acceptors (Lipinski definition) is 5. The van der Waals surface area contributed by atoms with Crippen LogP contribution in [-0.4, -0.2) is 33.0 Å². The summed E-state index contributed by atoms with van der Waals surface area (Å²) in [5.41, 5.74) is 3.46. The lowest BCUT2D eigenvalue weighted by atomic mass is 10.0. The Morgan fingerprint density at radius 2 is 1.46 bits per heavy atom. The van der Waals surface area contributed by atoms with Gasteiger partial charge in [-0.15, -0.1) is 0 Å². The molecular weight excluding hydrogens is 438 g/mol. The van der Waals surface area contributed by atoms with Gasteiger partial charge in [-0.05, 0) is 53.4 Å². The first kappa shape index (κ1) is 22.2. The number of nitrogens with zero attached hydrogens (tertiary/aromatic N) is 2. The van der Waals surface area contributed by atoms with Crippen molar-refractivity contribution in [3.05, 3.63) is 102 Å². The average Bonchev–Trinajstić information content (AvgIpc) is 3.13. The van der Waals surface area contributed by atoms with Gasteiger partial charge < -0.3 is 15.0 Å².